The number of aryl methyl sites for hydroxylation is 1. The second-order valence-electron chi connectivity index (χ2n) is 8.62. The van der Waals surface area contributed by atoms with E-state index in [2.05, 4.69) is 60.4 Å². The molecule has 0 bridgehead atoms. The van der Waals surface area contributed by atoms with Gasteiger partial charge in [-0.1, -0.05) is 83.9 Å². The highest BCUT2D eigenvalue weighted by Gasteiger charge is 2.35. The molecule has 5 heteroatoms. The Bertz CT molecular complexity index is 1170. The smallest absolute Gasteiger partial charge is 0.257 e. The minimum atomic E-state index is -0.190. The first-order valence-electron chi connectivity index (χ1n) is 11.1. The molecule has 0 spiro atoms. The van der Waals surface area contributed by atoms with Gasteiger partial charge < -0.3 is 0 Å². The molecule has 32 heavy (non-hydrogen) atoms. The number of hydrogen-bond acceptors (Lipinski definition) is 3. The van der Waals surface area contributed by atoms with E-state index in [-0.39, 0.29) is 11.9 Å². The molecule has 0 saturated heterocycles. The first-order chi connectivity index (χ1) is 15.6. The zero-order chi connectivity index (χ0) is 22.1. The Kier molecular flexibility index (Phi) is 5.81. The molecule has 2 aliphatic heterocycles. The topological polar surface area (TPSA) is 35.9 Å². The lowest BCUT2D eigenvalue weighted by atomic mass is 9.97. The largest absolute Gasteiger partial charge is 0.290 e. The van der Waals surface area contributed by atoms with Crippen LogP contribution in [0.5, 0.6) is 0 Å². The van der Waals surface area contributed by atoms with E-state index >= 15 is 0 Å². The predicted molar refractivity (Wildman–Crippen MR) is 129 cm³/mol. The van der Waals surface area contributed by atoms with E-state index in [1.165, 1.54) is 16.7 Å². The molecule has 5 rings (SSSR count). The summed E-state index contributed by atoms with van der Waals surface area (Å²) in [6.07, 6.45) is 1.62. The zero-order valence-corrected chi connectivity index (χ0v) is 18.9. The monoisotopic (exact) mass is 443 g/mol. The Morgan fingerprint density at radius 1 is 1.00 bits per heavy atom. The number of hydrazone groups is 1. The molecule has 4 nitrogen and oxygen atoms in total. The fourth-order valence-corrected chi connectivity index (χ4v) is 4.86. The molecule has 0 radical (unpaired) electrons. The van der Waals surface area contributed by atoms with Crippen LogP contribution in [-0.2, 0) is 17.8 Å². The van der Waals surface area contributed by atoms with Crippen molar-refractivity contribution in [2.24, 2.45) is 5.10 Å². The van der Waals surface area contributed by atoms with Crippen LogP contribution < -0.4 is 0 Å². The van der Waals surface area contributed by atoms with Gasteiger partial charge in [0.1, 0.15) is 0 Å². The SMILES string of the molecule is Cc1ccc(C2=NN(C(=O)CN3CCc4ccccc4C3)[C@@H](c3ccccc3Cl)C2)cc1. The molecule has 0 fully saturated rings. The quantitative estimate of drug-likeness (QED) is 0.542. The predicted octanol–water partition coefficient (Wildman–Crippen LogP) is 5.38. The second-order valence-corrected chi connectivity index (χ2v) is 9.03. The molecule has 0 saturated carbocycles. The van der Waals surface area contributed by atoms with Gasteiger partial charge in [-0.15, -0.1) is 0 Å². The maximum atomic E-state index is 13.5. The third-order valence-corrected chi connectivity index (χ3v) is 6.73. The van der Waals surface area contributed by atoms with E-state index in [4.69, 9.17) is 16.7 Å². The van der Waals surface area contributed by atoms with Gasteiger partial charge in [-0.3, -0.25) is 9.69 Å². The lowest BCUT2D eigenvalue weighted by Gasteiger charge is -2.30. The van der Waals surface area contributed by atoms with Crippen LogP contribution in [0.4, 0.5) is 0 Å². The Hall–Kier alpha value is -2.95. The number of carbonyl (C=O) groups excluding carboxylic acids is 1. The first kappa shape index (κ1) is 20.9. The summed E-state index contributed by atoms with van der Waals surface area (Å²) in [5.74, 6) is 0.0106. The van der Waals surface area contributed by atoms with Crippen LogP contribution in [0, 0.1) is 6.92 Å². The van der Waals surface area contributed by atoms with E-state index in [0.717, 1.165) is 36.3 Å². The van der Waals surface area contributed by atoms with Gasteiger partial charge in [0.05, 0.1) is 18.3 Å². The molecule has 0 N–H and O–H groups in total. The molecule has 2 heterocycles. The Labute approximate surface area is 194 Å². The third kappa shape index (κ3) is 4.21. The Morgan fingerprint density at radius 2 is 1.72 bits per heavy atom. The summed E-state index contributed by atoms with van der Waals surface area (Å²) >= 11 is 6.54. The molecule has 3 aromatic rings. The maximum absolute atomic E-state index is 13.5. The maximum Gasteiger partial charge on any atom is 0.257 e. The highest BCUT2D eigenvalue weighted by atomic mass is 35.5. The highest BCUT2D eigenvalue weighted by molar-refractivity contribution is 6.31. The summed E-state index contributed by atoms with van der Waals surface area (Å²) in [6, 6.07) is 24.4. The molecular weight excluding hydrogens is 418 g/mol. The number of hydrogen-bond donors (Lipinski definition) is 0. The average Bonchev–Trinajstić information content (AvgIpc) is 3.25. The van der Waals surface area contributed by atoms with Gasteiger partial charge in [0.15, 0.2) is 0 Å². The highest BCUT2D eigenvalue weighted by Crippen LogP contribution is 2.36. The number of carbonyl (C=O) groups is 1. The first-order valence-corrected chi connectivity index (χ1v) is 11.5. The van der Waals surface area contributed by atoms with E-state index in [1.807, 2.05) is 24.3 Å². The number of halogens is 1. The minimum Gasteiger partial charge on any atom is -0.290 e. The van der Waals surface area contributed by atoms with Crippen LogP contribution in [0.2, 0.25) is 5.02 Å². The van der Waals surface area contributed by atoms with Gasteiger partial charge in [-0.05, 0) is 41.7 Å². The Balaban J connectivity index is 1.41. The number of rotatable bonds is 4. The van der Waals surface area contributed by atoms with Crippen LogP contribution in [-0.4, -0.2) is 34.6 Å². The van der Waals surface area contributed by atoms with Crippen molar-refractivity contribution in [3.05, 3.63) is 106 Å². The summed E-state index contributed by atoms with van der Waals surface area (Å²) in [6.45, 7) is 4.09. The van der Waals surface area contributed by atoms with Crippen LogP contribution in [0.3, 0.4) is 0 Å². The van der Waals surface area contributed by atoms with Gasteiger partial charge in [0.2, 0.25) is 0 Å². The van der Waals surface area contributed by atoms with Crippen molar-refractivity contribution >= 4 is 23.2 Å². The van der Waals surface area contributed by atoms with Crippen molar-refractivity contribution in [3.8, 4) is 0 Å². The number of benzene rings is 3. The fraction of sp³-hybridized carbons (Fsp3) is 0.259. The molecule has 2 aliphatic rings. The molecule has 0 aromatic heterocycles. The lowest BCUT2D eigenvalue weighted by Crippen LogP contribution is -2.40. The average molecular weight is 444 g/mol. The van der Waals surface area contributed by atoms with Crippen LogP contribution in [0.1, 0.15) is 40.3 Å². The van der Waals surface area contributed by atoms with Gasteiger partial charge >= 0.3 is 0 Å². The summed E-state index contributed by atoms with van der Waals surface area (Å²) in [7, 11) is 0. The third-order valence-electron chi connectivity index (χ3n) is 6.38. The van der Waals surface area contributed by atoms with E-state index in [0.29, 0.717) is 18.0 Å². The molecule has 3 aromatic carbocycles. The summed E-state index contributed by atoms with van der Waals surface area (Å²) in [4.78, 5) is 15.7. The van der Waals surface area contributed by atoms with Crippen molar-refractivity contribution in [2.75, 3.05) is 13.1 Å². The molecule has 0 aliphatic carbocycles. The summed E-state index contributed by atoms with van der Waals surface area (Å²) in [5.41, 5.74) is 6.80. The second kappa shape index (κ2) is 8.89. The van der Waals surface area contributed by atoms with Crippen molar-refractivity contribution in [3.63, 3.8) is 0 Å². The minimum absolute atomic E-state index is 0.0106. The summed E-state index contributed by atoms with van der Waals surface area (Å²) in [5, 5.41) is 7.14. The van der Waals surface area contributed by atoms with Crippen LogP contribution >= 0.6 is 11.6 Å². The van der Waals surface area contributed by atoms with Crippen LogP contribution in [0.25, 0.3) is 0 Å². The standard InChI is InChI=1S/C27H26ClN3O/c1-19-10-12-21(13-11-19)25-16-26(23-8-4-5-9-24(23)28)31(29-25)27(32)18-30-15-14-20-6-2-3-7-22(20)17-30/h2-13,26H,14-18H2,1H3/t26-/m1/s1. The zero-order valence-electron chi connectivity index (χ0n) is 18.2. The van der Waals surface area contributed by atoms with E-state index < -0.39 is 0 Å². The van der Waals surface area contributed by atoms with Crippen molar-refractivity contribution in [1.29, 1.82) is 0 Å². The molecule has 162 valence electrons. The fourth-order valence-electron chi connectivity index (χ4n) is 4.60. The van der Waals surface area contributed by atoms with Gasteiger partial charge in [0.25, 0.3) is 5.91 Å². The normalized spacial score (nSPS) is 18.4. The van der Waals surface area contributed by atoms with Crippen molar-refractivity contribution < 1.29 is 4.79 Å². The van der Waals surface area contributed by atoms with E-state index in [1.54, 1.807) is 5.01 Å². The number of nitrogens with zero attached hydrogens (tertiary/aromatic N) is 3. The molecule has 1 atom stereocenters. The molecule has 0 unspecified atom stereocenters. The van der Waals surface area contributed by atoms with Crippen LogP contribution in [0.15, 0.2) is 77.9 Å². The van der Waals surface area contributed by atoms with Crippen molar-refractivity contribution in [2.45, 2.75) is 32.4 Å². The molecule has 1 amide bonds. The lowest BCUT2D eigenvalue weighted by molar-refractivity contribution is -0.134. The van der Waals surface area contributed by atoms with Gasteiger partial charge in [-0.2, -0.15) is 5.10 Å². The van der Waals surface area contributed by atoms with Gasteiger partial charge in [-0.25, -0.2) is 5.01 Å². The van der Waals surface area contributed by atoms with Crippen molar-refractivity contribution in [1.82, 2.24) is 9.91 Å². The molecular formula is C27H26ClN3O. The summed E-state index contributed by atoms with van der Waals surface area (Å²) < 4.78 is 0. The van der Waals surface area contributed by atoms with E-state index in [9.17, 15) is 4.79 Å². The van der Waals surface area contributed by atoms with Gasteiger partial charge in [0, 0.05) is 24.5 Å². The number of amides is 1. The number of fused-ring (bicyclic) bond motifs is 1. The Morgan fingerprint density at radius 3 is 2.50 bits per heavy atom.